The van der Waals surface area contributed by atoms with E-state index in [4.69, 9.17) is 9.47 Å². The van der Waals surface area contributed by atoms with E-state index in [1.807, 2.05) is 0 Å². The van der Waals surface area contributed by atoms with E-state index in [1.54, 1.807) is 0 Å². The minimum Gasteiger partial charge on any atom is -0.394 e. The maximum atomic E-state index is 13.0. The molecule has 1 heterocycles. The minimum atomic E-state index is -1.59. The van der Waals surface area contributed by atoms with Crippen LogP contribution >= 0.6 is 0 Å². The molecular weight excluding hydrogens is 698 g/mol. The molecule has 0 saturated carbocycles. The second kappa shape index (κ2) is 36.0. The number of aliphatic hydroxyl groups excluding tert-OH is 6. The molecule has 1 aliphatic rings. The predicted octanol–water partition coefficient (Wildman–Crippen LogP) is 8.31. The molecule has 0 aromatic heterocycles. The Balaban J connectivity index is 2.36. The molecule has 10 nitrogen and oxygen atoms in total. The lowest BCUT2D eigenvalue weighted by Gasteiger charge is -2.40. The largest absolute Gasteiger partial charge is 0.394 e. The highest BCUT2D eigenvalue weighted by Crippen LogP contribution is 2.23. The first kappa shape index (κ1) is 51.9. The van der Waals surface area contributed by atoms with Gasteiger partial charge < -0.3 is 45.4 Å². The summed E-state index contributed by atoms with van der Waals surface area (Å²) < 4.78 is 11.2. The van der Waals surface area contributed by atoms with Gasteiger partial charge in [0.15, 0.2) is 6.29 Å². The highest BCUT2D eigenvalue weighted by molar-refractivity contribution is 5.80. The van der Waals surface area contributed by atoms with Crippen LogP contribution in [-0.2, 0) is 14.3 Å². The summed E-state index contributed by atoms with van der Waals surface area (Å²) in [6, 6.07) is -0.892. The summed E-state index contributed by atoms with van der Waals surface area (Å²) in [6.07, 6.45) is 29.8. The van der Waals surface area contributed by atoms with Crippen molar-refractivity contribution in [3.05, 3.63) is 12.2 Å². The van der Waals surface area contributed by atoms with Crippen molar-refractivity contribution < 1.29 is 44.9 Å². The van der Waals surface area contributed by atoms with Gasteiger partial charge in [-0.2, -0.15) is 0 Å². The molecule has 1 amide bonds. The molecule has 1 rings (SSSR count). The molecule has 55 heavy (non-hydrogen) atoms. The Morgan fingerprint density at radius 3 is 1.47 bits per heavy atom. The zero-order chi connectivity index (χ0) is 40.4. The average molecular weight is 786 g/mol. The SMILES string of the molecule is CCCCCCCCCCC/C=C\CCCCCCCCC(O)C(=O)NC(COC1OC(CO)C(O)C(O)C1O)C(O)CCCCCCCCCCCCC. The van der Waals surface area contributed by atoms with Crippen molar-refractivity contribution >= 4 is 5.91 Å². The first-order valence-electron chi connectivity index (χ1n) is 23.0. The summed E-state index contributed by atoms with van der Waals surface area (Å²) in [5.41, 5.74) is 0. The number of carbonyl (C=O) groups is 1. The van der Waals surface area contributed by atoms with Crippen molar-refractivity contribution in [2.45, 2.75) is 255 Å². The molecule has 1 aliphatic heterocycles. The highest BCUT2D eigenvalue weighted by atomic mass is 16.7. The number of unbranched alkanes of at least 4 members (excludes halogenated alkanes) is 25. The zero-order valence-electron chi connectivity index (χ0n) is 35.3. The second-order valence-corrected chi connectivity index (χ2v) is 16.3. The van der Waals surface area contributed by atoms with Crippen LogP contribution in [-0.4, -0.2) is 98.7 Å². The normalized spacial score (nSPS) is 21.9. The van der Waals surface area contributed by atoms with Gasteiger partial charge in [-0.15, -0.1) is 0 Å². The molecule has 10 heteroatoms. The van der Waals surface area contributed by atoms with Crippen LogP contribution in [0, 0.1) is 0 Å². The lowest BCUT2D eigenvalue weighted by molar-refractivity contribution is -0.302. The maximum absolute atomic E-state index is 13.0. The van der Waals surface area contributed by atoms with Gasteiger partial charge in [-0.3, -0.25) is 4.79 Å². The van der Waals surface area contributed by atoms with Gasteiger partial charge in [0.1, 0.15) is 30.5 Å². The first-order chi connectivity index (χ1) is 26.8. The van der Waals surface area contributed by atoms with Crippen molar-refractivity contribution in [2.24, 2.45) is 0 Å². The molecule has 0 aromatic carbocycles. The van der Waals surface area contributed by atoms with Crippen LogP contribution < -0.4 is 5.32 Å². The summed E-state index contributed by atoms with van der Waals surface area (Å²) in [4.78, 5) is 13.0. The molecule has 0 bridgehead atoms. The second-order valence-electron chi connectivity index (χ2n) is 16.3. The van der Waals surface area contributed by atoms with Gasteiger partial charge in [0.2, 0.25) is 5.91 Å². The fourth-order valence-corrected chi connectivity index (χ4v) is 7.40. The lowest BCUT2D eigenvalue weighted by atomic mass is 9.99. The van der Waals surface area contributed by atoms with E-state index in [2.05, 4.69) is 31.3 Å². The highest BCUT2D eigenvalue weighted by Gasteiger charge is 2.44. The van der Waals surface area contributed by atoms with Gasteiger partial charge in [0.05, 0.1) is 25.4 Å². The molecule has 0 radical (unpaired) electrons. The van der Waals surface area contributed by atoms with E-state index in [9.17, 15) is 35.4 Å². The Morgan fingerprint density at radius 2 is 1.02 bits per heavy atom. The van der Waals surface area contributed by atoms with Gasteiger partial charge in [0, 0.05) is 0 Å². The quantitative estimate of drug-likeness (QED) is 0.0241. The van der Waals surface area contributed by atoms with Crippen LogP contribution in [0.2, 0.25) is 0 Å². The number of rotatable bonds is 38. The third kappa shape index (κ3) is 26.5. The Kier molecular flexibility index (Phi) is 34.0. The lowest BCUT2D eigenvalue weighted by Crippen LogP contribution is -2.60. The third-order valence-electron chi connectivity index (χ3n) is 11.2. The number of allylic oxidation sites excluding steroid dienone is 2. The van der Waals surface area contributed by atoms with Crippen LogP contribution in [0.15, 0.2) is 12.2 Å². The van der Waals surface area contributed by atoms with Crippen LogP contribution in [0.4, 0.5) is 0 Å². The van der Waals surface area contributed by atoms with Gasteiger partial charge in [-0.05, 0) is 38.5 Å². The smallest absolute Gasteiger partial charge is 0.249 e. The number of hydrogen-bond acceptors (Lipinski definition) is 9. The topological polar surface area (TPSA) is 169 Å². The van der Waals surface area contributed by atoms with E-state index in [0.29, 0.717) is 12.8 Å². The van der Waals surface area contributed by atoms with E-state index in [1.165, 1.54) is 122 Å². The molecule has 1 fully saturated rings. The molecule has 8 atom stereocenters. The van der Waals surface area contributed by atoms with Crippen LogP contribution in [0.25, 0.3) is 0 Å². The van der Waals surface area contributed by atoms with Crippen molar-refractivity contribution in [1.29, 1.82) is 0 Å². The van der Waals surface area contributed by atoms with Gasteiger partial charge in [0.25, 0.3) is 0 Å². The summed E-state index contributed by atoms with van der Waals surface area (Å²) in [6.45, 7) is 3.65. The molecule has 8 unspecified atom stereocenters. The number of amides is 1. The van der Waals surface area contributed by atoms with Gasteiger partial charge >= 0.3 is 0 Å². The number of nitrogens with one attached hydrogen (secondary N) is 1. The van der Waals surface area contributed by atoms with Gasteiger partial charge in [-0.25, -0.2) is 0 Å². The maximum Gasteiger partial charge on any atom is 0.249 e. The van der Waals surface area contributed by atoms with Crippen LogP contribution in [0.5, 0.6) is 0 Å². The molecule has 0 spiro atoms. The number of hydrogen-bond donors (Lipinski definition) is 7. The van der Waals surface area contributed by atoms with Crippen LogP contribution in [0.3, 0.4) is 0 Å². The molecule has 0 aromatic rings. The van der Waals surface area contributed by atoms with Crippen molar-refractivity contribution in [2.75, 3.05) is 13.2 Å². The summed E-state index contributed by atoms with van der Waals surface area (Å²) in [5.74, 6) is -0.588. The Morgan fingerprint density at radius 1 is 0.600 bits per heavy atom. The Bertz CT molecular complexity index is 890. The van der Waals surface area contributed by atoms with E-state index >= 15 is 0 Å². The van der Waals surface area contributed by atoms with E-state index in [-0.39, 0.29) is 6.61 Å². The summed E-state index contributed by atoms with van der Waals surface area (Å²) in [5, 5.41) is 64.7. The molecule has 1 saturated heterocycles. The van der Waals surface area contributed by atoms with Crippen molar-refractivity contribution in [1.82, 2.24) is 5.32 Å². The summed E-state index contributed by atoms with van der Waals surface area (Å²) >= 11 is 0. The van der Waals surface area contributed by atoms with Crippen LogP contribution in [0.1, 0.15) is 206 Å². The molecule has 0 aliphatic carbocycles. The van der Waals surface area contributed by atoms with Gasteiger partial charge in [-0.1, -0.05) is 180 Å². The number of aliphatic hydroxyl groups is 6. The Labute approximate surface area is 336 Å². The standard InChI is InChI=1S/C45H87NO9/c1-3-5-7-9-11-13-15-16-17-18-19-20-21-22-24-26-28-30-32-34-39(49)44(53)46-37(36-54-45-43(52)42(51)41(50)40(35-47)55-45)38(48)33-31-29-27-25-23-14-12-10-8-6-4-2/h19-20,37-43,45,47-52H,3-18,21-36H2,1-2H3,(H,46,53)/b20-19-. The fourth-order valence-electron chi connectivity index (χ4n) is 7.40. The van der Waals surface area contributed by atoms with Crippen molar-refractivity contribution in [3.63, 3.8) is 0 Å². The molecule has 326 valence electrons. The van der Waals surface area contributed by atoms with Crippen molar-refractivity contribution in [3.8, 4) is 0 Å². The Hall–Kier alpha value is -1.11. The minimum absolute atomic E-state index is 0.255. The van der Waals surface area contributed by atoms with E-state index in [0.717, 1.165) is 57.8 Å². The van der Waals surface area contributed by atoms with E-state index < -0.39 is 61.5 Å². The first-order valence-corrected chi connectivity index (χ1v) is 23.0. The number of ether oxygens (including phenoxy) is 2. The predicted molar refractivity (Wildman–Crippen MR) is 223 cm³/mol. The molecular formula is C45H87NO9. The third-order valence-corrected chi connectivity index (χ3v) is 11.2. The molecule has 7 N–H and O–H groups in total. The fraction of sp³-hybridized carbons (Fsp3) is 0.933. The average Bonchev–Trinajstić information content (AvgIpc) is 3.18. The summed E-state index contributed by atoms with van der Waals surface area (Å²) in [7, 11) is 0. The number of carbonyl (C=O) groups excluding carboxylic acids is 1. The monoisotopic (exact) mass is 786 g/mol. The zero-order valence-corrected chi connectivity index (χ0v) is 35.3.